The first-order valence-corrected chi connectivity index (χ1v) is 12.9. The van der Waals surface area contributed by atoms with Crippen molar-refractivity contribution >= 4 is 17.0 Å². The van der Waals surface area contributed by atoms with Gasteiger partial charge in [-0.2, -0.15) is 0 Å². The molecule has 0 saturated heterocycles. The second kappa shape index (κ2) is 11.3. The van der Waals surface area contributed by atoms with E-state index in [-0.39, 0.29) is 5.43 Å². The molecule has 0 bridgehead atoms. The first-order chi connectivity index (χ1) is 17.5. The van der Waals surface area contributed by atoms with Gasteiger partial charge in [-0.15, -0.1) is 0 Å². The van der Waals surface area contributed by atoms with Gasteiger partial charge in [0, 0.05) is 24.1 Å². The number of hydrogen-bond acceptors (Lipinski definition) is 3. The molecule has 0 fully saturated rings. The molecule has 0 spiro atoms. The maximum Gasteiger partial charge on any atom is 0.336 e. The number of fused-ring (bicyclic) bond motifs is 1. The zero-order chi connectivity index (χ0) is 25.7. The molecule has 0 aliphatic carbocycles. The standard InChI is InChI=1S/C31H34N2O3/c1-4-9-23-18-27-28(19-24(10-5-2)30(23)34)33(29(32-27)11-6-3)20-21-14-16-22(17-15-21)25-12-7-8-13-26(25)31(35)36/h7-8,12-19H,4-6,9-11,20H2,1-3H3,(H,35,36). The fourth-order valence-electron chi connectivity index (χ4n) is 4.85. The number of benzene rings is 2. The summed E-state index contributed by atoms with van der Waals surface area (Å²) < 4.78 is 2.24. The predicted molar refractivity (Wildman–Crippen MR) is 146 cm³/mol. The Morgan fingerprint density at radius 3 is 2.14 bits per heavy atom. The molecule has 0 amide bonds. The Hall–Kier alpha value is -3.73. The Morgan fingerprint density at radius 2 is 1.50 bits per heavy atom. The number of aryl methyl sites for hydroxylation is 3. The van der Waals surface area contributed by atoms with E-state index in [2.05, 4.69) is 31.4 Å². The molecule has 0 radical (unpaired) electrons. The van der Waals surface area contributed by atoms with Crippen LogP contribution in [0.15, 0.2) is 65.5 Å². The van der Waals surface area contributed by atoms with E-state index in [1.807, 2.05) is 42.5 Å². The number of aromatic nitrogens is 2. The summed E-state index contributed by atoms with van der Waals surface area (Å²) in [7, 11) is 0. The van der Waals surface area contributed by atoms with Gasteiger partial charge in [0.1, 0.15) is 5.82 Å². The minimum atomic E-state index is -0.931. The van der Waals surface area contributed by atoms with Crippen molar-refractivity contribution in [3.63, 3.8) is 0 Å². The van der Waals surface area contributed by atoms with Gasteiger partial charge in [-0.25, -0.2) is 9.78 Å². The summed E-state index contributed by atoms with van der Waals surface area (Å²) in [5.41, 5.74) is 6.73. The average Bonchev–Trinajstić information content (AvgIpc) is 3.12. The molecule has 1 N–H and O–H groups in total. The Kier molecular flexibility index (Phi) is 7.99. The van der Waals surface area contributed by atoms with Crippen molar-refractivity contribution in [1.29, 1.82) is 0 Å². The molecule has 0 aliphatic heterocycles. The topological polar surface area (TPSA) is 72.2 Å². The van der Waals surface area contributed by atoms with Gasteiger partial charge in [-0.05, 0) is 54.2 Å². The van der Waals surface area contributed by atoms with Crippen molar-refractivity contribution < 1.29 is 9.90 Å². The van der Waals surface area contributed by atoms with E-state index < -0.39 is 5.97 Å². The van der Waals surface area contributed by atoms with Crippen LogP contribution in [0.3, 0.4) is 0 Å². The van der Waals surface area contributed by atoms with Gasteiger partial charge >= 0.3 is 5.97 Å². The lowest BCUT2D eigenvalue weighted by molar-refractivity contribution is 0.0697. The van der Waals surface area contributed by atoms with E-state index in [1.165, 1.54) is 0 Å². The number of aromatic carboxylic acids is 1. The highest BCUT2D eigenvalue weighted by Gasteiger charge is 2.15. The molecule has 1 heterocycles. The van der Waals surface area contributed by atoms with Crippen LogP contribution in [0.4, 0.5) is 0 Å². The van der Waals surface area contributed by atoms with Crippen molar-refractivity contribution in [3.8, 4) is 11.1 Å². The third-order valence-electron chi connectivity index (χ3n) is 6.59. The van der Waals surface area contributed by atoms with Crippen molar-refractivity contribution in [2.24, 2.45) is 0 Å². The van der Waals surface area contributed by atoms with E-state index in [4.69, 9.17) is 4.98 Å². The number of carbonyl (C=O) groups is 1. The molecule has 0 atom stereocenters. The van der Waals surface area contributed by atoms with Crippen LogP contribution in [0.25, 0.3) is 22.2 Å². The van der Waals surface area contributed by atoms with Gasteiger partial charge in [0.25, 0.3) is 0 Å². The molecular weight excluding hydrogens is 448 g/mol. The second-order valence-electron chi connectivity index (χ2n) is 9.35. The van der Waals surface area contributed by atoms with Gasteiger partial charge < -0.3 is 9.67 Å². The van der Waals surface area contributed by atoms with Crippen LogP contribution in [-0.2, 0) is 25.8 Å². The highest BCUT2D eigenvalue weighted by Crippen LogP contribution is 2.26. The SMILES string of the molecule is CCCc1cc2nc(CCC)n(Cc3ccc(-c4ccccc4C(=O)O)cc3)c2cc(CCC)c1=O. The summed E-state index contributed by atoms with van der Waals surface area (Å²) >= 11 is 0. The molecule has 5 nitrogen and oxygen atoms in total. The zero-order valence-electron chi connectivity index (χ0n) is 21.4. The summed E-state index contributed by atoms with van der Waals surface area (Å²) in [6, 6.07) is 19.2. The summed E-state index contributed by atoms with van der Waals surface area (Å²) in [5.74, 6) is 0.0936. The highest BCUT2D eigenvalue weighted by molar-refractivity contribution is 5.96. The molecular formula is C31H34N2O3. The number of nitrogens with zero attached hydrogens (tertiary/aromatic N) is 2. The maximum atomic E-state index is 13.2. The Bertz CT molecular complexity index is 1440. The molecule has 0 unspecified atom stereocenters. The number of hydrogen-bond donors (Lipinski definition) is 1. The predicted octanol–water partition coefficient (Wildman–Crippen LogP) is 6.67. The summed E-state index contributed by atoms with van der Waals surface area (Å²) in [4.78, 5) is 29.8. The molecule has 0 saturated carbocycles. The number of imidazole rings is 1. The van der Waals surface area contributed by atoms with E-state index in [0.29, 0.717) is 17.7 Å². The van der Waals surface area contributed by atoms with E-state index >= 15 is 0 Å². The van der Waals surface area contributed by atoms with Gasteiger partial charge in [0.05, 0.1) is 16.6 Å². The largest absolute Gasteiger partial charge is 0.478 e. The highest BCUT2D eigenvalue weighted by atomic mass is 16.4. The van der Waals surface area contributed by atoms with E-state index in [0.717, 1.165) is 77.6 Å². The van der Waals surface area contributed by atoms with Gasteiger partial charge in [0.2, 0.25) is 0 Å². The quantitative estimate of drug-likeness (QED) is 0.274. The fraction of sp³-hybridized carbons (Fsp3) is 0.323. The molecule has 4 rings (SSSR count). The summed E-state index contributed by atoms with van der Waals surface area (Å²) in [6.45, 7) is 6.99. The van der Waals surface area contributed by atoms with Crippen molar-refractivity contribution in [2.45, 2.75) is 65.8 Å². The molecule has 4 aromatic rings. The molecule has 36 heavy (non-hydrogen) atoms. The zero-order valence-corrected chi connectivity index (χ0v) is 21.4. The smallest absolute Gasteiger partial charge is 0.336 e. The van der Waals surface area contributed by atoms with Crippen LogP contribution in [-0.4, -0.2) is 20.6 Å². The first kappa shape index (κ1) is 25.4. The number of carboxylic acid groups (broad SMARTS) is 1. The third kappa shape index (κ3) is 5.25. The van der Waals surface area contributed by atoms with E-state index in [9.17, 15) is 14.7 Å². The average molecular weight is 483 g/mol. The second-order valence-corrected chi connectivity index (χ2v) is 9.35. The Morgan fingerprint density at radius 1 is 0.861 bits per heavy atom. The minimum Gasteiger partial charge on any atom is -0.478 e. The Balaban J connectivity index is 1.79. The number of rotatable bonds is 10. The summed E-state index contributed by atoms with van der Waals surface area (Å²) in [5, 5.41) is 9.56. The van der Waals surface area contributed by atoms with Crippen molar-refractivity contribution in [3.05, 3.63) is 99.0 Å². The molecule has 0 aliphatic rings. The van der Waals surface area contributed by atoms with Gasteiger partial charge in [0.15, 0.2) is 5.43 Å². The molecule has 3 aromatic carbocycles. The number of carboxylic acids is 1. The molecule has 5 heteroatoms. The van der Waals surface area contributed by atoms with E-state index in [1.54, 1.807) is 12.1 Å². The van der Waals surface area contributed by atoms with Crippen LogP contribution in [0, 0.1) is 0 Å². The normalized spacial score (nSPS) is 11.2. The third-order valence-corrected chi connectivity index (χ3v) is 6.59. The lowest BCUT2D eigenvalue weighted by Gasteiger charge is -2.11. The molecule has 186 valence electrons. The molecule has 1 aromatic heterocycles. The van der Waals surface area contributed by atoms with Crippen LogP contribution >= 0.6 is 0 Å². The Labute approximate surface area is 212 Å². The maximum absolute atomic E-state index is 13.2. The van der Waals surface area contributed by atoms with Crippen molar-refractivity contribution in [2.75, 3.05) is 0 Å². The fourth-order valence-corrected chi connectivity index (χ4v) is 4.85. The van der Waals surface area contributed by atoms with Gasteiger partial charge in [-0.3, -0.25) is 4.79 Å². The monoisotopic (exact) mass is 482 g/mol. The van der Waals surface area contributed by atoms with Crippen LogP contribution in [0.2, 0.25) is 0 Å². The summed E-state index contributed by atoms with van der Waals surface area (Å²) in [6.07, 6.45) is 5.20. The van der Waals surface area contributed by atoms with Crippen molar-refractivity contribution in [1.82, 2.24) is 9.55 Å². The van der Waals surface area contributed by atoms with Crippen LogP contribution in [0.1, 0.15) is 72.9 Å². The van der Waals surface area contributed by atoms with Gasteiger partial charge in [-0.1, -0.05) is 76.1 Å². The van der Waals surface area contributed by atoms with Crippen LogP contribution in [0.5, 0.6) is 0 Å². The van der Waals surface area contributed by atoms with Crippen LogP contribution < -0.4 is 5.43 Å². The lowest BCUT2D eigenvalue weighted by Crippen LogP contribution is -2.11. The first-order valence-electron chi connectivity index (χ1n) is 12.9. The lowest BCUT2D eigenvalue weighted by atomic mass is 9.99. The minimum absolute atomic E-state index is 0.154.